The van der Waals surface area contributed by atoms with Crippen molar-refractivity contribution in [2.75, 3.05) is 13.1 Å². The minimum absolute atomic E-state index is 0.0441. The lowest BCUT2D eigenvalue weighted by atomic mass is 9.99. The van der Waals surface area contributed by atoms with Crippen molar-refractivity contribution in [3.05, 3.63) is 35.4 Å². The Morgan fingerprint density at radius 3 is 2.67 bits per heavy atom. The molecule has 2 fully saturated rings. The molecule has 2 amide bonds. The maximum absolute atomic E-state index is 12.5. The molecule has 2 aliphatic rings. The molecular weight excluding hydrogens is 264 g/mol. The quantitative estimate of drug-likeness (QED) is 0.928. The van der Waals surface area contributed by atoms with E-state index in [0.29, 0.717) is 23.1 Å². The van der Waals surface area contributed by atoms with Crippen molar-refractivity contribution in [1.29, 1.82) is 0 Å². The Bertz CT molecular complexity index is 551. The van der Waals surface area contributed by atoms with Crippen LogP contribution in [-0.4, -0.2) is 35.8 Å². The van der Waals surface area contributed by atoms with Gasteiger partial charge in [-0.25, -0.2) is 0 Å². The van der Waals surface area contributed by atoms with Gasteiger partial charge in [0, 0.05) is 30.3 Å². The molecule has 4 heteroatoms. The molecule has 0 spiro atoms. The third-order valence-electron chi connectivity index (χ3n) is 4.23. The van der Waals surface area contributed by atoms with E-state index in [0.717, 1.165) is 32.4 Å². The molecule has 1 unspecified atom stereocenters. The second-order valence-electron chi connectivity index (χ2n) is 6.33. The van der Waals surface area contributed by atoms with E-state index in [1.54, 1.807) is 24.3 Å². The number of nitrogens with one attached hydrogen (secondary N) is 1. The van der Waals surface area contributed by atoms with E-state index >= 15 is 0 Å². The Morgan fingerprint density at radius 1 is 1.19 bits per heavy atom. The van der Waals surface area contributed by atoms with Crippen LogP contribution in [-0.2, 0) is 0 Å². The van der Waals surface area contributed by atoms with Gasteiger partial charge in [-0.2, -0.15) is 0 Å². The van der Waals surface area contributed by atoms with E-state index in [-0.39, 0.29) is 11.8 Å². The van der Waals surface area contributed by atoms with Crippen LogP contribution in [0, 0.1) is 5.92 Å². The van der Waals surface area contributed by atoms with Crippen LogP contribution < -0.4 is 5.32 Å². The van der Waals surface area contributed by atoms with Crippen LogP contribution in [0.4, 0.5) is 0 Å². The minimum Gasteiger partial charge on any atom is -0.349 e. The average molecular weight is 286 g/mol. The van der Waals surface area contributed by atoms with Crippen LogP contribution in [0.2, 0.25) is 0 Å². The van der Waals surface area contributed by atoms with Crippen LogP contribution in [0.15, 0.2) is 24.3 Å². The van der Waals surface area contributed by atoms with Gasteiger partial charge in [0.25, 0.3) is 11.8 Å². The molecule has 21 heavy (non-hydrogen) atoms. The number of benzene rings is 1. The molecule has 112 valence electrons. The van der Waals surface area contributed by atoms with Crippen molar-refractivity contribution in [3.8, 4) is 0 Å². The lowest BCUT2D eigenvalue weighted by Crippen LogP contribution is -2.39. The Kier molecular flexibility index (Phi) is 3.95. The minimum atomic E-state index is -0.0702. The van der Waals surface area contributed by atoms with Crippen molar-refractivity contribution in [2.45, 2.75) is 38.6 Å². The molecule has 0 aromatic heterocycles. The van der Waals surface area contributed by atoms with Crippen molar-refractivity contribution < 1.29 is 9.59 Å². The molecule has 1 aromatic rings. The second kappa shape index (κ2) is 5.88. The smallest absolute Gasteiger partial charge is 0.253 e. The van der Waals surface area contributed by atoms with Gasteiger partial charge < -0.3 is 10.2 Å². The first-order chi connectivity index (χ1) is 10.1. The van der Waals surface area contributed by atoms with Crippen LogP contribution in [0.25, 0.3) is 0 Å². The van der Waals surface area contributed by atoms with E-state index in [1.807, 2.05) is 4.90 Å². The molecule has 0 radical (unpaired) electrons. The molecule has 3 rings (SSSR count). The number of nitrogens with zero attached hydrogens (tertiary/aromatic N) is 1. The third kappa shape index (κ3) is 3.43. The normalized spacial score (nSPS) is 22.0. The molecule has 1 aromatic carbocycles. The van der Waals surface area contributed by atoms with E-state index in [9.17, 15) is 9.59 Å². The third-order valence-corrected chi connectivity index (χ3v) is 4.23. The zero-order valence-corrected chi connectivity index (χ0v) is 12.5. The van der Waals surface area contributed by atoms with Gasteiger partial charge in [0.2, 0.25) is 0 Å². The molecule has 1 heterocycles. The van der Waals surface area contributed by atoms with Gasteiger partial charge in [0.1, 0.15) is 0 Å². The highest BCUT2D eigenvalue weighted by Crippen LogP contribution is 2.20. The summed E-state index contributed by atoms with van der Waals surface area (Å²) >= 11 is 0. The number of carbonyl (C=O) groups excluding carboxylic acids is 2. The van der Waals surface area contributed by atoms with E-state index in [1.165, 1.54) is 6.42 Å². The topological polar surface area (TPSA) is 49.4 Å². The number of amides is 2. The van der Waals surface area contributed by atoms with Crippen molar-refractivity contribution in [1.82, 2.24) is 10.2 Å². The van der Waals surface area contributed by atoms with Crippen molar-refractivity contribution in [2.24, 2.45) is 5.92 Å². The van der Waals surface area contributed by atoms with E-state index in [2.05, 4.69) is 12.2 Å². The molecule has 1 saturated carbocycles. The van der Waals surface area contributed by atoms with Gasteiger partial charge in [0.05, 0.1) is 0 Å². The zero-order chi connectivity index (χ0) is 14.8. The number of hydrogen-bond acceptors (Lipinski definition) is 2. The summed E-state index contributed by atoms with van der Waals surface area (Å²) in [5.74, 6) is 0.533. The maximum atomic E-state index is 12.5. The maximum Gasteiger partial charge on any atom is 0.253 e. The van der Waals surface area contributed by atoms with E-state index in [4.69, 9.17) is 0 Å². The average Bonchev–Trinajstić information content (AvgIpc) is 3.30. The van der Waals surface area contributed by atoms with Gasteiger partial charge in [-0.05, 0) is 49.8 Å². The molecule has 4 nitrogen and oxygen atoms in total. The largest absolute Gasteiger partial charge is 0.349 e. The number of hydrogen-bond donors (Lipinski definition) is 1. The summed E-state index contributed by atoms with van der Waals surface area (Å²) in [6, 6.07) is 7.42. The summed E-state index contributed by atoms with van der Waals surface area (Å²) in [7, 11) is 0. The highest BCUT2D eigenvalue weighted by Gasteiger charge is 2.25. The SMILES string of the molecule is CC1CCCN(C(=O)c2cccc(C(=O)NC3CC3)c2)C1. The first-order valence-electron chi connectivity index (χ1n) is 7.83. The van der Waals surface area contributed by atoms with Gasteiger partial charge in [-0.3, -0.25) is 9.59 Å². The van der Waals surface area contributed by atoms with Crippen molar-refractivity contribution >= 4 is 11.8 Å². The highest BCUT2D eigenvalue weighted by molar-refractivity contribution is 5.99. The lowest BCUT2D eigenvalue weighted by molar-refractivity contribution is 0.0683. The molecule has 1 saturated heterocycles. The van der Waals surface area contributed by atoms with Crippen LogP contribution in [0.3, 0.4) is 0 Å². The van der Waals surface area contributed by atoms with Crippen LogP contribution >= 0.6 is 0 Å². The first kappa shape index (κ1) is 14.1. The Labute approximate surface area is 125 Å². The summed E-state index contributed by atoms with van der Waals surface area (Å²) < 4.78 is 0. The Morgan fingerprint density at radius 2 is 1.95 bits per heavy atom. The van der Waals surface area contributed by atoms with E-state index < -0.39 is 0 Å². The summed E-state index contributed by atoms with van der Waals surface area (Å²) in [6.07, 6.45) is 4.38. The number of piperidine rings is 1. The molecule has 1 aliphatic heterocycles. The summed E-state index contributed by atoms with van der Waals surface area (Å²) in [4.78, 5) is 26.5. The summed E-state index contributed by atoms with van der Waals surface area (Å²) in [5, 5.41) is 2.96. The van der Waals surface area contributed by atoms with Crippen LogP contribution in [0.5, 0.6) is 0 Å². The number of likely N-dealkylation sites (tertiary alicyclic amines) is 1. The van der Waals surface area contributed by atoms with Gasteiger partial charge >= 0.3 is 0 Å². The Hall–Kier alpha value is -1.84. The highest BCUT2D eigenvalue weighted by atomic mass is 16.2. The predicted octanol–water partition coefficient (Wildman–Crippen LogP) is 2.45. The monoisotopic (exact) mass is 286 g/mol. The number of carbonyl (C=O) groups is 2. The summed E-state index contributed by atoms with van der Waals surface area (Å²) in [6.45, 7) is 3.82. The standard InChI is InChI=1S/C17H22N2O2/c1-12-4-3-9-19(11-12)17(21)14-6-2-5-13(10-14)16(20)18-15-7-8-15/h2,5-6,10,12,15H,3-4,7-9,11H2,1H3,(H,18,20). The molecule has 0 bridgehead atoms. The molecular formula is C17H22N2O2. The first-order valence-corrected chi connectivity index (χ1v) is 7.83. The molecule has 1 atom stereocenters. The lowest BCUT2D eigenvalue weighted by Gasteiger charge is -2.31. The van der Waals surface area contributed by atoms with Crippen LogP contribution in [0.1, 0.15) is 53.3 Å². The fourth-order valence-corrected chi connectivity index (χ4v) is 2.85. The second-order valence-corrected chi connectivity index (χ2v) is 6.33. The fraction of sp³-hybridized carbons (Fsp3) is 0.529. The fourth-order valence-electron chi connectivity index (χ4n) is 2.85. The van der Waals surface area contributed by atoms with Gasteiger partial charge in [-0.1, -0.05) is 13.0 Å². The number of rotatable bonds is 3. The van der Waals surface area contributed by atoms with Crippen molar-refractivity contribution in [3.63, 3.8) is 0 Å². The summed E-state index contributed by atoms with van der Waals surface area (Å²) in [5.41, 5.74) is 1.20. The zero-order valence-electron chi connectivity index (χ0n) is 12.5. The Balaban J connectivity index is 1.72. The molecule has 1 N–H and O–H groups in total. The van der Waals surface area contributed by atoms with Gasteiger partial charge in [0.15, 0.2) is 0 Å². The molecule has 1 aliphatic carbocycles. The predicted molar refractivity (Wildman–Crippen MR) is 81.2 cm³/mol. The van der Waals surface area contributed by atoms with Gasteiger partial charge in [-0.15, -0.1) is 0 Å².